The topological polar surface area (TPSA) is 117 Å². The number of furan rings is 1. The molecule has 28 heavy (non-hydrogen) atoms. The summed E-state index contributed by atoms with van der Waals surface area (Å²) in [6.45, 7) is 0. The molecular weight excluding hydrogens is 352 g/mol. The molecule has 0 bridgehead atoms. The molecule has 0 aliphatic carbocycles. The second-order valence-corrected chi connectivity index (χ2v) is 6.49. The van der Waals surface area contributed by atoms with Gasteiger partial charge in [-0.3, -0.25) is 19.9 Å². The molecule has 0 unspecified atom stereocenters. The summed E-state index contributed by atoms with van der Waals surface area (Å²) in [5.74, 6) is 0. The minimum atomic E-state index is 0.539. The van der Waals surface area contributed by atoms with Crippen molar-refractivity contribution >= 4 is 33.6 Å². The summed E-state index contributed by atoms with van der Waals surface area (Å²) < 4.78 is 5.87. The summed E-state index contributed by atoms with van der Waals surface area (Å²) in [4.78, 5) is 17.6. The molecule has 5 heterocycles. The van der Waals surface area contributed by atoms with E-state index in [0.29, 0.717) is 34.8 Å². The van der Waals surface area contributed by atoms with Crippen LogP contribution in [0.15, 0.2) is 65.6 Å². The molecule has 136 valence electrons. The standard InChI is InChI=1S/C21H16N6O/c22-14-3-1-6-24-18(14)21-17(23)13(5-8-26-21)9-12-10-16-20(27-11-12)19-15(28-16)4-2-7-25-19/h1-8,10-11H,9,22-23H2. The summed E-state index contributed by atoms with van der Waals surface area (Å²) >= 11 is 0. The highest BCUT2D eigenvalue weighted by molar-refractivity contribution is 5.99. The number of pyridine rings is 4. The van der Waals surface area contributed by atoms with Crippen LogP contribution in [0.25, 0.3) is 33.6 Å². The fourth-order valence-electron chi connectivity index (χ4n) is 3.30. The number of nitrogens with zero attached hydrogens (tertiary/aromatic N) is 4. The van der Waals surface area contributed by atoms with Gasteiger partial charge in [-0.25, -0.2) is 0 Å². The van der Waals surface area contributed by atoms with E-state index in [1.54, 1.807) is 30.7 Å². The molecule has 0 amide bonds. The summed E-state index contributed by atoms with van der Waals surface area (Å²) in [7, 11) is 0. The van der Waals surface area contributed by atoms with Crippen LogP contribution in [0.1, 0.15) is 11.1 Å². The van der Waals surface area contributed by atoms with Crippen LogP contribution in [0.2, 0.25) is 0 Å². The predicted molar refractivity (Wildman–Crippen MR) is 108 cm³/mol. The van der Waals surface area contributed by atoms with Crippen molar-refractivity contribution in [2.24, 2.45) is 0 Å². The normalized spacial score (nSPS) is 11.3. The van der Waals surface area contributed by atoms with Crippen LogP contribution in [0.4, 0.5) is 11.4 Å². The van der Waals surface area contributed by atoms with E-state index in [-0.39, 0.29) is 0 Å². The molecule has 0 aromatic carbocycles. The van der Waals surface area contributed by atoms with Gasteiger partial charge < -0.3 is 15.9 Å². The van der Waals surface area contributed by atoms with Gasteiger partial charge in [0.25, 0.3) is 0 Å². The highest BCUT2D eigenvalue weighted by Gasteiger charge is 2.14. The Hall–Kier alpha value is -4.00. The number of aromatic nitrogens is 4. The van der Waals surface area contributed by atoms with Gasteiger partial charge in [-0.15, -0.1) is 0 Å². The van der Waals surface area contributed by atoms with Crippen LogP contribution in [-0.2, 0) is 6.42 Å². The van der Waals surface area contributed by atoms with Gasteiger partial charge in [-0.1, -0.05) is 0 Å². The van der Waals surface area contributed by atoms with E-state index in [0.717, 1.165) is 27.7 Å². The molecule has 0 aliphatic heterocycles. The monoisotopic (exact) mass is 368 g/mol. The second kappa shape index (κ2) is 6.31. The molecule has 0 spiro atoms. The first kappa shape index (κ1) is 16.2. The van der Waals surface area contributed by atoms with Gasteiger partial charge in [0, 0.05) is 31.2 Å². The average Bonchev–Trinajstić information content (AvgIpc) is 3.08. The maximum absolute atomic E-state index is 6.39. The molecule has 4 N–H and O–H groups in total. The van der Waals surface area contributed by atoms with Crippen molar-refractivity contribution < 1.29 is 4.42 Å². The molecule has 0 fully saturated rings. The van der Waals surface area contributed by atoms with Crippen molar-refractivity contribution in [3.63, 3.8) is 0 Å². The fourth-order valence-corrected chi connectivity index (χ4v) is 3.30. The number of nitrogens with two attached hydrogens (primary N) is 2. The number of hydrogen-bond donors (Lipinski definition) is 2. The van der Waals surface area contributed by atoms with Crippen molar-refractivity contribution in [3.05, 3.63) is 72.3 Å². The van der Waals surface area contributed by atoms with Gasteiger partial charge in [-0.05, 0) is 47.5 Å². The van der Waals surface area contributed by atoms with Crippen LogP contribution >= 0.6 is 0 Å². The predicted octanol–water partition coefficient (Wildman–Crippen LogP) is 3.59. The van der Waals surface area contributed by atoms with Gasteiger partial charge in [0.2, 0.25) is 0 Å². The lowest BCUT2D eigenvalue weighted by Crippen LogP contribution is -2.03. The Morgan fingerprint density at radius 1 is 0.786 bits per heavy atom. The van der Waals surface area contributed by atoms with Gasteiger partial charge in [-0.2, -0.15) is 0 Å². The van der Waals surface area contributed by atoms with Crippen molar-refractivity contribution in [2.45, 2.75) is 6.42 Å². The molecule has 0 radical (unpaired) electrons. The molecule has 0 saturated heterocycles. The quantitative estimate of drug-likeness (QED) is 0.500. The third kappa shape index (κ3) is 2.61. The number of nitrogen functional groups attached to an aromatic ring is 2. The number of fused-ring (bicyclic) bond motifs is 3. The van der Waals surface area contributed by atoms with E-state index in [9.17, 15) is 0 Å². The van der Waals surface area contributed by atoms with Gasteiger partial charge in [0.15, 0.2) is 11.2 Å². The molecule has 7 heteroatoms. The lowest BCUT2D eigenvalue weighted by molar-refractivity contribution is 0.666. The van der Waals surface area contributed by atoms with Crippen LogP contribution in [-0.4, -0.2) is 19.9 Å². The van der Waals surface area contributed by atoms with Gasteiger partial charge in [0.05, 0.1) is 11.4 Å². The Morgan fingerprint density at radius 2 is 1.57 bits per heavy atom. The Bertz CT molecular complexity index is 1330. The molecule has 5 aromatic rings. The third-order valence-corrected chi connectivity index (χ3v) is 4.66. The molecule has 7 nitrogen and oxygen atoms in total. The number of hydrogen-bond acceptors (Lipinski definition) is 7. The Labute approximate surface area is 160 Å². The Balaban J connectivity index is 1.55. The first-order valence-electron chi connectivity index (χ1n) is 8.77. The van der Waals surface area contributed by atoms with E-state index in [1.807, 2.05) is 30.5 Å². The van der Waals surface area contributed by atoms with Gasteiger partial charge >= 0.3 is 0 Å². The van der Waals surface area contributed by atoms with Crippen LogP contribution in [0.3, 0.4) is 0 Å². The Kier molecular flexibility index (Phi) is 3.65. The highest BCUT2D eigenvalue weighted by atomic mass is 16.3. The largest absolute Gasteiger partial charge is 0.453 e. The molecule has 0 saturated carbocycles. The zero-order valence-corrected chi connectivity index (χ0v) is 14.8. The second-order valence-electron chi connectivity index (χ2n) is 6.49. The van der Waals surface area contributed by atoms with E-state index in [2.05, 4.69) is 19.9 Å². The first-order chi connectivity index (χ1) is 13.7. The number of rotatable bonds is 3. The highest BCUT2D eigenvalue weighted by Crippen LogP contribution is 2.31. The van der Waals surface area contributed by atoms with E-state index >= 15 is 0 Å². The minimum absolute atomic E-state index is 0.539. The SMILES string of the molecule is Nc1cccnc1-c1nccc(Cc2cnc3c(c2)oc2cccnc23)c1N. The zero-order valence-electron chi connectivity index (χ0n) is 14.8. The van der Waals surface area contributed by atoms with Crippen LogP contribution in [0.5, 0.6) is 0 Å². The van der Waals surface area contributed by atoms with Crippen molar-refractivity contribution in [1.29, 1.82) is 0 Å². The molecule has 0 atom stereocenters. The summed E-state index contributed by atoms with van der Waals surface area (Å²) in [6, 6.07) is 11.1. The van der Waals surface area contributed by atoms with E-state index in [4.69, 9.17) is 15.9 Å². The molecular formula is C21H16N6O. The maximum atomic E-state index is 6.39. The van der Waals surface area contributed by atoms with Crippen molar-refractivity contribution in [1.82, 2.24) is 19.9 Å². The lowest BCUT2D eigenvalue weighted by atomic mass is 10.0. The summed E-state index contributed by atoms with van der Waals surface area (Å²) in [5.41, 5.74) is 19.5. The van der Waals surface area contributed by atoms with Crippen molar-refractivity contribution in [2.75, 3.05) is 11.5 Å². The smallest absolute Gasteiger partial charge is 0.155 e. The van der Waals surface area contributed by atoms with Crippen molar-refractivity contribution in [3.8, 4) is 11.4 Å². The minimum Gasteiger partial charge on any atom is -0.453 e. The van der Waals surface area contributed by atoms with Crippen LogP contribution < -0.4 is 11.5 Å². The van der Waals surface area contributed by atoms with Crippen LogP contribution in [0, 0.1) is 0 Å². The van der Waals surface area contributed by atoms with Gasteiger partial charge in [0.1, 0.15) is 22.4 Å². The lowest BCUT2D eigenvalue weighted by Gasteiger charge is -2.11. The number of anilines is 2. The zero-order chi connectivity index (χ0) is 19.1. The van der Waals surface area contributed by atoms with E-state index in [1.165, 1.54) is 0 Å². The molecule has 5 rings (SSSR count). The Morgan fingerprint density at radius 3 is 2.46 bits per heavy atom. The summed E-state index contributed by atoms with van der Waals surface area (Å²) in [6.07, 6.45) is 7.52. The first-order valence-corrected chi connectivity index (χ1v) is 8.77. The molecule has 5 aromatic heterocycles. The summed E-state index contributed by atoms with van der Waals surface area (Å²) in [5, 5.41) is 0. The maximum Gasteiger partial charge on any atom is 0.155 e. The molecule has 0 aliphatic rings. The average molecular weight is 368 g/mol. The third-order valence-electron chi connectivity index (χ3n) is 4.66. The van der Waals surface area contributed by atoms with E-state index < -0.39 is 0 Å². The fraction of sp³-hybridized carbons (Fsp3) is 0.0476.